The quantitative estimate of drug-likeness (QED) is 0.821. The monoisotopic (exact) mass is 342 g/mol. The topological polar surface area (TPSA) is 83.8 Å². The van der Waals surface area contributed by atoms with Crippen molar-refractivity contribution in [2.24, 2.45) is 0 Å². The molecule has 22 heavy (non-hydrogen) atoms. The van der Waals surface area contributed by atoms with Crippen molar-refractivity contribution in [2.45, 2.75) is 6.92 Å². The Morgan fingerprint density at radius 2 is 2.18 bits per heavy atom. The number of sulfonamides is 1. The molecule has 2 aromatic heterocycles. The predicted molar refractivity (Wildman–Crippen MR) is 84.2 cm³/mol. The van der Waals surface area contributed by atoms with Crippen molar-refractivity contribution in [2.75, 3.05) is 30.3 Å². The number of Topliss-reactive ketones (excluding diaryl/α,β-unsaturated/α-hetero) is 1. The van der Waals surface area contributed by atoms with Gasteiger partial charge in [0.05, 0.1) is 28.1 Å². The van der Waals surface area contributed by atoms with Gasteiger partial charge in [0.25, 0.3) is 0 Å². The largest absolute Gasteiger partial charge is 0.355 e. The number of nitrogens with zero attached hydrogens (tertiary/aromatic N) is 3. The Hall–Kier alpha value is -1.64. The molecule has 118 valence electrons. The molecule has 0 atom stereocenters. The van der Waals surface area contributed by atoms with Crippen LogP contribution in [0.15, 0.2) is 18.6 Å². The van der Waals surface area contributed by atoms with Gasteiger partial charge in [0.15, 0.2) is 5.78 Å². The first-order valence-corrected chi connectivity index (χ1v) is 8.80. The number of hydrogen-bond donors (Lipinski definition) is 1. The van der Waals surface area contributed by atoms with Crippen molar-refractivity contribution in [1.29, 1.82) is 0 Å². The molecule has 0 aromatic carbocycles. The number of ketones is 1. The van der Waals surface area contributed by atoms with Crippen molar-refractivity contribution in [3.05, 3.63) is 29.2 Å². The minimum Gasteiger partial charge on any atom is -0.355 e. The highest BCUT2D eigenvalue weighted by Crippen LogP contribution is 2.29. The zero-order valence-electron chi connectivity index (χ0n) is 11.9. The molecule has 2 aromatic rings. The van der Waals surface area contributed by atoms with Crippen LogP contribution in [0, 0.1) is 0 Å². The molecule has 0 bridgehead atoms. The number of pyridine rings is 1. The van der Waals surface area contributed by atoms with Crippen LogP contribution in [0.2, 0.25) is 5.02 Å². The second kappa shape index (κ2) is 5.53. The van der Waals surface area contributed by atoms with Crippen molar-refractivity contribution in [3.63, 3.8) is 0 Å². The average molecular weight is 343 g/mol. The average Bonchev–Trinajstić information content (AvgIpc) is 2.85. The predicted octanol–water partition coefficient (Wildman–Crippen LogP) is 0.930. The summed E-state index contributed by atoms with van der Waals surface area (Å²) in [4.78, 5) is 17.9. The second-order valence-electron chi connectivity index (χ2n) is 5.13. The normalized spacial score (nSPS) is 18.4. The molecule has 7 nitrogen and oxygen atoms in total. The third-order valence-corrected chi connectivity index (χ3v) is 5.30. The highest BCUT2D eigenvalue weighted by molar-refractivity contribution is 7.89. The van der Waals surface area contributed by atoms with E-state index >= 15 is 0 Å². The number of carbonyl (C=O) groups excluding carboxylic acids is 1. The van der Waals surface area contributed by atoms with E-state index in [2.05, 4.69) is 9.71 Å². The number of fused-ring (bicyclic) bond motifs is 1. The molecule has 1 saturated heterocycles. The Balaban J connectivity index is 2.16. The van der Waals surface area contributed by atoms with Crippen LogP contribution < -0.4 is 9.62 Å². The maximum atomic E-state index is 12.0. The highest BCUT2D eigenvalue weighted by atomic mass is 35.5. The maximum absolute atomic E-state index is 12.0. The van der Waals surface area contributed by atoms with Gasteiger partial charge in [0.1, 0.15) is 12.1 Å². The number of anilines is 1. The van der Waals surface area contributed by atoms with Crippen molar-refractivity contribution < 1.29 is 13.2 Å². The van der Waals surface area contributed by atoms with Crippen LogP contribution in [0.1, 0.15) is 17.3 Å². The minimum atomic E-state index is -3.27. The van der Waals surface area contributed by atoms with E-state index in [1.165, 1.54) is 6.92 Å². The lowest BCUT2D eigenvalue weighted by molar-refractivity contribution is 0.101. The molecule has 1 N–H and O–H groups in total. The summed E-state index contributed by atoms with van der Waals surface area (Å²) < 4.78 is 27.6. The standard InChI is InChI=1S/C13H15ClN4O3S/c1-9(19)10-6-11(14)12-7-15-8-18(12)13(10)17-3-2-16-22(20,21)5-4-17/h6-8,16H,2-5H2,1H3. The van der Waals surface area contributed by atoms with Gasteiger partial charge in [0, 0.05) is 19.6 Å². The summed E-state index contributed by atoms with van der Waals surface area (Å²) >= 11 is 6.20. The number of nitrogens with one attached hydrogen (secondary N) is 1. The Morgan fingerprint density at radius 1 is 1.41 bits per heavy atom. The van der Waals surface area contributed by atoms with Gasteiger partial charge in [-0.1, -0.05) is 11.6 Å². The number of imidazole rings is 1. The number of carbonyl (C=O) groups is 1. The molecule has 0 saturated carbocycles. The van der Waals surface area contributed by atoms with E-state index in [1.54, 1.807) is 23.0 Å². The van der Waals surface area contributed by atoms with Gasteiger partial charge in [-0.05, 0) is 13.0 Å². The summed E-state index contributed by atoms with van der Waals surface area (Å²) in [7, 11) is -3.27. The van der Waals surface area contributed by atoms with E-state index in [9.17, 15) is 13.2 Å². The third-order valence-electron chi connectivity index (χ3n) is 3.64. The summed E-state index contributed by atoms with van der Waals surface area (Å²) in [5.74, 6) is 0.472. The van der Waals surface area contributed by atoms with Gasteiger partial charge in [-0.15, -0.1) is 0 Å². The second-order valence-corrected chi connectivity index (χ2v) is 7.47. The Labute approximate surface area is 132 Å². The van der Waals surface area contributed by atoms with E-state index in [4.69, 9.17) is 11.6 Å². The van der Waals surface area contributed by atoms with Gasteiger partial charge < -0.3 is 4.90 Å². The van der Waals surface area contributed by atoms with E-state index in [0.29, 0.717) is 41.6 Å². The molecule has 1 aliphatic heterocycles. The van der Waals surface area contributed by atoms with Crippen LogP contribution >= 0.6 is 11.6 Å². The van der Waals surface area contributed by atoms with E-state index in [1.807, 2.05) is 4.90 Å². The molecular formula is C13H15ClN4O3S. The Morgan fingerprint density at radius 3 is 2.91 bits per heavy atom. The van der Waals surface area contributed by atoms with Crippen molar-refractivity contribution >= 4 is 38.7 Å². The van der Waals surface area contributed by atoms with Crippen LogP contribution in [-0.4, -0.2) is 49.0 Å². The van der Waals surface area contributed by atoms with Gasteiger partial charge in [-0.3, -0.25) is 9.20 Å². The zero-order chi connectivity index (χ0) is 15.9. The van der Waals surface area contributed by atoms with Crippen LogP contribution in [0.5, 0.6) is 0 Å². The Kier molecular flexibility index (Phi) is 3.84. The SMILES string of the molecule is CC(=O)c1cc(Cl)c2cncn2c1N1CCNS(=O)(=O)CC1. The van der Waals surface area contributed by atoms with Crippen LogP contribution in [0.3, 0.4) is 0 Å². The smallest absolute Gasteiger partial charge is 0.213 e. The van der Waals surface area contributed by atoms with E-state index in [-0.39, 0.29) is 11.5 Å². The molecule has 3 heterocycles. The van der Waals surface area contributed by atoms with Gasteiger partial charge in [-0.25, -0.2) is 18.1 Å². The van der Waals surface area contributed by atoms with E-state index < -0.39 is 10.0 Å². The van der Waals surface area contributed by atoms with Gasteiger partial charge in [-0.2, -0.15) is 0 Å². The fourth-order valence-electron chi connectivity index (χ4n) is 2.58. The number of halogens is 1. The molecule has 1 aliphatic rings. The number of aromatic nitrogens is 2. The molecular weight excluding hydrogens is 328 g/mol. The summed E-state index contributed by atoms with van der Waals surface area (Å²) in [6, 6.07) is 1.61. The lowest BCUT2D eigenvalue weighted by Crippen LogP contribution is -2.31. The Bertz CT molecular complexity index is 846. The van der Waals surface area contributed by atoms with Crippen LogP contribution in [0.4, 0.5) is 5.82 Å². The fourth-order valence-corrected chi connectivity index (χ4v) is 3.84. The first kappa shape index (κ1) is 15.3. The maximum Gasteiger partial charge on any atom is 0.213 e. The summed E-state index contributed by atoms with van der Waals surface area (Å²) in [5, 5.41) is 0.437. The lowest BCUT2D eigenvalue weighted by atomic mass is 10.1. The molecule has 3 rings (SSSR count). The summed E-state index contributed by atoms with van der Waals surface area (Å²) in [6.45, 7) is 2.52. The van der Waals surface area contributed by atoms with Gasteiger partial charge in [0.2, 0.25) is 10.0 Å². The lowest BCUT2D eigenvalue weighted by Gasteiger charge is -2.25. The number of hydrogen-bond acceptors (Lipinski definition) is 5. The third kappa shape index (κ3) is 2.69. The minimum absolute atomic E-state index is 0.0246. The highest BCUT2D eigenvalue weighted by Gasteiger charge is 2.24. The number of rotatable bonds is 2. The van der Waals surface area contributed by atoms with Crippen molar-refractivity contribution in [1.82, 2.24) is 14.1 Å². The summed E-state index contributed by atoms with van der Waals surface area (Å²) in [5.41, 5.74) is 1.14. The molecule has 0 aliphatic carbocycles. The molecule has 9 heteroatoms. The van der Waals surface area contributed by atoms with E-state index in [0.717, 1.165) is 0 Å². The first-order chi connectivity index (χ1) is 10.4. The first-order valence-electron chi connectivity index (χ1n) is 6.77. The van der Waals surface area contributed by atoms with Crippen LogP contribution in [0.25, 0.3) is 5.52 Å². The molecule has 0 unspecified atom stereocenters. The molecule has 0 spiro atoms. The van der Waals surface area contributed by atoms with Gasteiger partial charge >= 0.3 is 0 Å². The summed E-state index contributed by atoms with van der Waals surface area (Å²) in [6.07, 6.45) is 3.19. The van der Waals surface area contributed by atoms with Crippen LogP contribution in [-0.2, 0) is 10.0 Å². The molecule has 0 amide bonds. The zero-order valence-corrected chi connectivity index (χ0v) is 13.5. The van der Waals surface area contributed by atoms with Crippen molar-refractivity contribution in [3.8, 4) is 0 Å². The fraction of sp³-hybridized carbons (Fsp3) is 0.385. The molecule has 1 fully saturated rings. The molecule has 0 radical (unpaired) electrons.